The van der Waals surface area contributed by atoms with Crippen molar-refractivity contribution in [2.45, 2.75) is 33.2 Å². The largest absolute Gasteiger partial charge is 0.356 e. The Kier molecular flexibility index (Phi) is 4.59. The van der Waals surface area contributed by atoms with E-state index >= 15 is 0 Å². The Hall–Kier alpha value is -3.93. The van der Waals surface area contributed by atoms with Crippen molar-refractivity contribution in [1.82, 2.24) is 14.5 Å². The summed E-state index contributed by atoms with van der Waals surface area (Å²) in [5, 5.41) is 5.70. The zero-order chi connectivity index (χ0) is 23.6. The Morgan fingerprint density at radius 2 is 1.91 bits per heavy atom. The van der Waals surface area contributed by atoms with E-state index in [9.17, 15) is 9.59 Å². The molecule has 1 N–H and O–H groups in total. The number of rotatable bonds is 3. The van der Waals surface area contributed by atoms with Gasteiger partial charge in [0.2, 0.25) is 5.91 Å². The summed E-state index contributed by atoms with van der Waals surface area (Å²) >= 11 is 0. The number of anilines is 1. The summed E-state index contributed by atoms with van der Waals surface area (Å²) in [7, 11) is 0. The van der Waals surface area contributed by atoms with Crippen molar-refractivity contribution in [1.29, 1.82) is 0 Å². The number of imide groups is 1. The molecule has 2 aliphatic rings. The van der Waals surface area contributed by atoms with Crippen LogP contribution in [0.25, 0.3) is 21.8 Å². The molecule has 0 bridgehead atoms. The SMILES string of the molecule is CC(=O)N1CC2=C(C1=O)[C@H](c1cccc3cccnc13)c1cn(CC(C)C)c3cccc(c13)N2. The van der Waals surface area contributed by atoms with Gasteiger partial charge < -0.3 is 9.88 Å². The lowest BCUT2D eigenvalue weighted by Crippen LogP contribution is -2.33. The van der Waals surface area contributed by atoms with Gasteiger partial charge in [0.25, 0.3) is 5.91 Å². The number of amides is 2. The van der Waals surface area contributed by atoms with Gasteiger partial charge in [0.1, 0.15) is 0 Å². The highest BCUT2D eigenvalue weighted by Gasteiger charge is 2.42. The van der Waals surface area contributed by atoms with Gasteiger partial charge in [-0.2, -0.15) is 0 Å². The lowest BCUT2D eigenvalue weighted by molar-refractivity contribution is -0.139. The van der Waals surface area contributed by atoms with E-state index < -0.39 is 0 Å². The van der Waals surface area contributed by atoms with Crippen molar-refractivity contribution in [3.05, 3.63) is 83.3 Å². The van der Waals surface area contributed by atoms with Crippen LogP contribution in [0.2, 0.25) is 0 Å². The second kappa shape index (κ2) is 7.55. The van der Waals surface area contributed by atoms with Gasteiger partial charge in [0, 0.05) is 53.9 Å². The van der Waals surface area contributed by atoms with Crippen LogP contribution in [0.3, 0.4) is 0 Å². The van der Waals surface area contributed by atoms with Crippen LogP contribution in [-0.4, -0.2) is 32.8 Å². The van der Waals surface area contributed by atoms with Gasteiger partial charge >= 0.3 is 0 Å². The Morgan fingerprint density at radius 3 is 2.71 bits per heavy atom. The summed E-state index contributed by atoms with van der Waals surface area (Å²) in [6.45, 7) is 6.99. The lowest BCUT2D eigenvalue weighted by Gasteiger charge is -2.20. The van der Waals surface area contributed by atoms with Crippen molar-refractivity contribution in [2.75, 3.05) is 11.9 Å². The number of hydrogen-bond donors (Lipinski definition) is 1. The van der Waals surface area contributed by atoms with Crippen molar-refractivity contribution in [2.24, 2.45) is 5.92 Å². The van der Waals surface area contributed by atoms with Crippen LogP contribution < -0.4 is 5.32 Å². The Morgan fingerprint density at radius 1 is 1.12 bits per heavy atom. The molecule has 4 aromatic rings. The van der Waals surface area contributed by atoms with Crippen LogP contribution in [0.5, 0.6) is 0 Å². The van der Waals surface area contributed by atoms with E-state index in [1.54, 1.807) is 6.20 Å². The molecule has 2 aromatic heterocycles. The molecule has 6 rings (SSSR count). The first-order valence-electron chi connectivity index (χ1n) is 11.7. The topological polar surface area (TPSA) is 67.2 Å². The van der Waals surface area contributed by atoms with E-state index in [-0.39, 0.29) is 24.3 Å². The number of para-hydroxylation sites is 1. The summed E-state index contributed by atoms with van der Waals surface area (Å²) in [4.78, 5) is 32.1. The predicted octanol–water partition coefficient (Wildman–Crippen LogP) is 5.05. The Bertz CT molecular complexity index is 1520. The van der Waals surface area contributed by atoms with E-state index in [0.29, 0.717) is 11.5 Å². The average molecular weight is 451 g/mol. The Labute approximate surface area is 197 Å². The number of aromatic nitrogens is 2. The first kappa shape index (κ1) is 20.7. The van der Waals surface area contributed by atoms with Crippen LogP contribution >= 0.6 is 0 Å². The molecular weight excluding hydrogens is 424 g/mol. The van der Waals surface area contributed by atoms with Crippen LogP contribution in [0.15, 0.2) is 72.2 Å². The van der Waals surface area contributed by atoms with Crippen LogP contribution in [0.1, 0.15) is 37.8 Å². The van der Waals surface area contributed by atoms with Crippen molar-refractivity contribution in [3.63, 3.8) is 0 Å². The van der Waals surface area contributed by atoms with Crippen LogP contribution in [0.4, 0.5) is 5.69 Å². The highest BCUT2D eigenvalue weighted by Crippen LogP contribution is 2.47. The van der Waals surface area contributed by atoms with Crippen LogP contribution in [0, 0.1) is 5.92 Å². The predicted molar refractivity (Wildman–Crippen MR) is 133 cm³/mol. The second-order valence-electron chi connectivity index (χ2n) is 9.61. The number of nitrogens with one attached hydrogen (secondary N) is 1. The first-order valence-corrected chi connectivity index (χ1v) is 11.7. The molecular formula is C28H26N4O2. The maximum atomic E-state index is 13.7. The molecule has 0 unspecified atom stereocenters. The van der Waals surface area contributed by atoms with Gasteiger partial charge in [0.05, 0.1) is 23.2 Å². The van der Waals surface area contributed by atoms with Gasteiger partial charge in [0.15, 0.2) is 0 Å². The van der Waals surface area contributed by atoms with Crippen LogP contribution in [-0.2, 0) is 16.1 Å². The fourth-order valence-corrected chi connectivity index (χ4v) is 5.50. The fourth-order valence-electron chi connectivity index (χ4n) is 5.50. The van der Waals surface area contributed by atoms with Gasteiger partial charge in [-0.05, 0) is 35.2 Å². The first-order chi connectivity index (χ1) is 16.4. The maximum absolute atomic E-state index is 13.7. The number of fused-ring (bicyclic) bond motifs is 1. The monoisotopic (exact) mass is 450 g/mol. The third kappa shape index (κ3) is 2.98. The summed E-state index contributed by atoms with van der Waals surface area (Å²) < 4.78 is 2.29. The molecule has 2 aromatic carbocycles. The summed E-state index contributed by atoms with van der Waals surface area (Å²) in [6.07, 6.45) is 3.99. The maximum Gasteiger partial charge on any atom is 0.259 e. The zero-order valence-electron chi connectivity index (χ0n) is 19.5. The molecule has 6 heteroatoms. The van der Waals surface area contributed by atoms with Gasteiger partial charge in [-0.25, -0.2) is 0 Å². The van der Waals surface area contributed by atoms with Gasteiger partial charge in [-0.15, -0.1) is 0 Å². The highest BCUT2D eigenvalue weighted by atomic mass is 16.2. The summed E-state index contributed by atoms with van der Waals surface area (Å²) in [5.74, 6) is -0.342. The molecule has 0 fully saturated rings. The van der Waals surface area contributed by atoms with E-state index in [4.69, 9.17) is 4.98 Å². The lowest BCUT2D eigenvalue weighted by atomic mass is 9.83. The minimum atomic E-state index is -0.336. The molecule has 2 aliphatic heterocycles. The van der Waals surface area contributed by atoms with Gasteiger partial charge in [-0.3, -0.25) is 19.5 Å². The third-order valence-electron chi connectivity index (χ3n) is 6.85. The number of carbonyl (C=O) groups is 2. The number of hydrogen-bond acceptors (Lipinski definition) is 4. The molecule has 0 aliphatic carbocycles. The van der Waals surface area contributed by atoms with E-state index in [0.717, 1.165) is 50.9 Å². The molecule has 34 heavy (non-hydrogen) atoms. The molecule has 0 saturated carbocycles. The molecule has 0 radical (unpaired) electrons. The number of pyridine rings is 1. The molecule has 0 saturated heterocycles. The number of benzene rings is 2. The molecule has 2 amide bonds. The average Bonchev–Trinajstić information content (AvgIpc) is 3.28. The van der Waals surface area contributed by atoms with Gasteiger partial charge in [-0.1, -0.05) is 44.2 Å². The smallest absolute Gasteiger partial charge is 0.259 e. The fraction of sp³-hybridized carbons (Fsp3) is 0.250. The quantitative estimate of drug-likeness (QED) is 0.475. The van der Waals surface area contributed by atoms with Crippen molar-refractivity contribution in [3.8, 4) is 0 Å². The number of nitrogens with zero attached hydrogens (tertiary/aromatic N) is 3. The minimum Gasteiger partial charge on any atom is -0.356 e. The van der Waals surface area contributed by atoms with E-state index in [1.807, 2.05) is 30.3 Å². The summed E-state index contributed by atoms with van der Waals surface area (Å²) in [6, 6.07) is 16.3. The van der Waals surface area contributed by atoms with E-state index in [2.05, 4.69) is 48.1 Å². The summed E-state index contributed by atoms with van der Waals surface area (Å²) in [5.41, 5.74) is 6.46. The molecule has 0 spiro atoms. The second-order valence-corrected chi connectivity index (χ2v) is 9.61. The minimum absolute atomic E-state index is 0.231. The third-order valence-corrected chi connectivity index (χ3v) is 6.85. The van der Waals surface area contributed by atoms with Crippen molar-refractivity contribution < 1.29 is 9.59 Å². The normalized spacial score (nSPS) is 17.5. The number of carbonyl (C=O) groups excluding carboxylic acids is 2. The zero-order valence-corrected chi connectivity index (χ0v) is 19.5. The highest BCUT2D eigenvalue weighted by molar-refractivity contribution is 6.11. The molecule has 4 heterocycles. The standard InChI is InChI=1S/C28H26N4O2/c1-16(2)13-31-14-20-24(19-9-4-7-18-8-6-12-29-27(18)19)26-22(15-32(17(3)33)28(26)34)30-21-10-5-11-23(31)25(20)21/h4-12,14,16,24,30H,13,15H2,1-3H3/t24-/m1/s1. The molecule has 170 valence electrons. The van der Waals surface area contributed by atoms with E-state index in [1.165, 1.54) is 11.8 Å². The Balaban J connectivity index is 1.69. The molecule has 1 atom stereocenters. The molecule has 6 nitrogen and oxygen atoms in total. The van der Waals surface area contributed by atoms with Crippen molar-refractivity contribution >= 4 is 39.3 Å².